The predicted molar refractivity (Wildman–Crippen MR) is 152 cm³/mol. The van der Waals surface area contributed by atoms with Crippen molar-refractivity contribution in [2.45, 2.75) is 77.0 Å². The third-order valence-electron chi connectivity index (χ3n) is 8.61. The van der Waals surface area contributed by atoms with E-state index in [1.165, 1.54) is 6.42 Å². The fourth-order valence-electron chi connectivity index (χ4n) is 6.04. The molecule has 3 atom stereocenters. The molecule has 0 bridgehead atoms. The number of hydrogen-bond acceptors (Lipinski definition) is 6. The molecule has 218 valence electrons. The average molecular weight is 545 g/mol. The molecule has 1 saturated heterocycles. The second kappa shape index (κ2) is 14.3. The Bertz CT molecular complexity index is 947. The largest absolute Gasteiger partial charge is 0.491 e. The number of ether oxygens (including phenoxy) is 3. The number of carbonyl (C=O) groups is 2. The number of urea groups is 1. The van der Waals surface area contributed by atoms with Crippen molar-refractivity contribution in [2.75, 3.05) is 58.9 Å². The molecule has 3 aliphatic rings. The van der Waals surface area contributed by atoms with Crippen LogP contribution in [0.15, 0.2) is 18.2 Å². The molecule has 3 amide bonds. The van der Waals surface area contributed by atoms with E-state index >= 15 is 0 Å². The number of anilines is 1. The minimum Gasteiger partial charge on any atom is -0.491 e. The van der Waals surface area contributed by atoms with Gasteiger partial charge in [0.05, 0.1) is 11.7 Å². The molecular weight excluding hydrogens is 496 g/mol. The third-order valence-corrected chi connectivity index (χ3v) is 8.61. The molecule has 4 rings (SSSR count). The van der Waals surface area contributed by atoms with Gasteiger partial charge in [0, 0.05) is 64.8 Å². The number of nitrogens with one attached hydrogen (secondary N) is 2. The molecular formula is C30H48N4O5. The molecule has 39 heavy (non-hydrogen) atoms. The molecule has 1 aliphatic carbocycles. The molecule has 1 aromatic rings. The summed E-state index contributed by atoms with van der Waals surface area (Å²) in [6, 6.07) is 5.47. The Labute approximate surface area is 233 Å². The van der Waals surface area contributed by atoms with E-state index < -0.39 is 0 Å². The summed E-state index contributed by atoms with van der Waals surface area (Å²) in [5, 5.41) is 6.01. The van der Waals surface area contributed by atoms with Gasteiger partial charge in [-0.15, -0.1) is 0 Å². The van der Waals surface area contributed by atoms with Crippen molar-refractivity contribution in [3.63, 3.8) is 0 Å². The maximum absolute atomic E-state index is 13.6. The van der Waals surface area contributed by atoms with Crippen LogP contribution in [0.2, 0.25) is 0 Å². The van der Waals surface area contributed by atoms with Gasteiger partial charge < -0.3 is 29.7 Å². The van der Waals surface area contributed by atoms with E-state index in [1.54, 1.807) is 31.2 Å². The van der Waals surface area contributed by atoms with Crippen molar-refractivity contribution >= 4 is 17.6 Å². The highest BCUT2D eigenvalue weighted by Gasteiger charge is 2.30. The molecule has 9 nitrogen and oxygen atoms in total. The first-order valence-corrected chi connectivity index (χ1v) is 14.8. The molecule has 0 aromatic heterocycles. The SMILES string of the molecule is CO[C@H]1CN(C)C(=O)c2cc(NC(=O)NC3CCCCC3)ccc2OC[C@@H](C)N(CC2CCOCC2)C[C@@H]1C. The minimum absolute atomic E-state index is 0.102. The first-order valence-electron chi connectivity index (χ1n) is 14.8. The lowest BCUT2D eigenvalue weighted by atomic mass is 9.96. The van der Waals surface area contributed by atoms with E-state index in [-0.39, 0.29) is 36.0 Å². The highest BCUT2D eigenvalue weighted by molar-refractivity contribution is 5.99. The molecule has 9 heteroatoms. The maximum Gasteiger partial charge on any atom is 0.319 e. The molecule has 1 aromatic carbocycles. The fraction of sp³-hybridized carbons (Fsp3) is 0.733. The van der Waals surface area contributed by atoms with E-state index in [9.17, 15) is 9.59 Å². The van der Waals surface area contributed by atoms with Crippen molar-refractivity contribution in [1.29, 1.82) is 0 Å². The van der Waals surface area contributed by atoms with Crippen molar-refractivity contribution in [3.05, 3.63) is 23.8 Å². The van der Waals surface area contributed by atoms with Crippen molar-refractivity contribution < 1.29 is 23.8 Å². The Morgan fingerprint density at radius 2 is 1.82 bits per heavy atom. The van der Waals surface area contributed by atoms with Crippen LogP contribution in [-0.2, 0) is 9.47 Å². The average Bonchev–Trinajstić information content (AvgIpc) is 2.94. The normalized spacial score (nSPS) is 26.6. The van der Waals surface area contributed by atoms with Crippen LogP contribution in [0.5, 0.6) is 5.75 Å². The van der Waals surface area contributed by atoms with Crippen LogP contribution in [0, 0.1) is 11.8 Å². The van der Waals surface area contributed by atoms with Crippen LogP contribution < -0.4 is 15.4 Å². The van der Waals surface area contributed by atoms with Crippen LogP contribution in [0.25, 0.3) is 0 Å². The molecule has 0 radical (unpaired) electrons. The molecule has 2 fully saturated rings. The number of amides is 3. The molecule has 2 heterocycles. The van der Waals surface area contributed by atoms with Gasteiger partial charge in [-0.25, -0.2) is 4.79 Å². The van der Waals surface area contributed by atoms with E-state index in [2.05, 4.69) is 29.4 Å². The molecule has 0 spiro atoms. The Hall–Kier alpha value is -2.36. The fourth-order valence-corrected chi connectivity index (χ4v) is 6.04. The van der Waals surface area contributed by atoms with Gasteiger partial charge in [-0.2, -0.15) is 0 Å². The lowest BCUT2D eigenvalue weighted by Crippen LogP contribution is -2.48. The molecule has 2 aliphatic heterocycles. The Morgan fingerprint density at radius 1 is 1.08 bits per heavy atom. The predicted octanol–water partition coefficient (Wildman–Crippen LogP) is 4.37. The second-order valence-electron chi connectivity index (χ2n) is 11.8. The van der Waals surface area contributed by atoms with Crippen LogP contribution in [0.4, 0.5) is 10.5 Å². The number of hydrogen-bond donors (Lipinski definition) is 2. The molecule has 1 saturated carbocycles. The summed E-state index contributed by atoms with van der Waals surface area (Å²) in [6.07, 6.45) is 7.60. The van der Waals surface area contributed by atoms with Gasteiger partial charge in [0.25, 0.3) is 5.91 Å². The Morgan fingerprint density at radius 3 is 2.54 bits per heavy atom. The maximum atomic E-state index is 13.6. The third kappa shape index (κ3) is 8.32. The standard InChI is InChI=1S/C30H48N4O5/c1-21-17-34(18-23-12-14-38-15-13-23)22(2)20-39-27-11-10-25(32-30(36)31-24-8-6-5-7-9-24)16-26(27)29(35)33(3)19-28(21)37-4/h10-11,16,21-24,28H,5-9,12-15,17-20H2,1-4H3,(H2,31,32,36)/t21-,22+,28-/m0/s1. The number of nitrogens with zero attached hydrogens (tertiary/aromatic N) is 2. The number of likely N-dealkylation sites (N-methyl/N-ethyl adjacent to an activating group) is 1. The van der Waals surface area contributed by atoms with Gasteiger partial charge in [0.15, 0.2) is 0 Å². The van der Waals surface area contributed by atoms with Crippen LogP contribution in [0.3, 0.4) is 0 Å². The topological polar surface area (TPSA) is 92.4 Å². The zero-order chi connectivity index (χ0) is 27.8. The highest BCUT2D eigenvalue weighted by atomic mass is 16.5. The monoisotopic (exact) mass is 544 g/mol. The Kier molecular flexibility index (Phi) is 10.9. The smallest absolute Gasteiger partial charge is 0.319 e. The van der Waals surface area contributed by atoms with E-state index in [1.807, 2.05) is 6.07 Å². The summed E-state index contributed by atoms with van der Waals surface area (Å²) in [7, 11) is 3.52. The van der Waals surface area contributed by atoms with Gasteiger partial charge in [-0.05, 0) is 62.6 Å². The van der Waals surface area contributed by atoms with Crippen molar-refractivity contribution in [3.8, 4) is 5.75 Å². The van der Waals surface area contributed by atoms with Crippen molar-refractivity contribution in [2.24, 2.45) is 11.8 Å². The van der Waals surface area contributed by atoms with Crippen molar-refractivity contribution in [1.82, 2.24) is 15.1 Å². The highest BCUT2D eigenvalue weighted by Crippen LogP contribution is 2.27. The lowest BCUT2D eigenvalue weighted by molar-refractivity contribution is 0.0000228. The Balaban J connectivity index is 1.52. The summed E-state index contributed by atoms with van der Waals surface area (Å²) >= 11 is 0. The lowest BCUT2D eigenvalue weighted by Gasteiger charge is -2.38. The van der Waals surface area contributed by atoms with Gasteiger partial charge >= 0.3 is 6.03 Å². The van der Waals surface area contributed by atoms with Gasteiger partial charge in [0.1, 0.15) is 12.4 Å². The number of benzene rings is 1. The summed E-state index contributed by atoms with van der Waals surface area (Å²) in [4.78, 5) is 30.5. The number of fused-ring (bicyclic) bond motifs is 1. The first kappa shape index (κ1) is 29.6. The van der Waals surface area contributed by atoms with Gasteiger partial charge in [0.2, 0.25) is 0 Å². The summed E-state index contributed by atoms with van der Waals surface area (Å²) in [5.74, 6) is 1.21. The van der Waals surface area contributed by atoms with E-state index in [0.29, 0.717) is 36.1 Å². The summed E-state index contributed by atoms with van der Waals surface area (Å²) < 4.78 is 17.8. The summed E-state index contributed by atoms with van der Waals surface area (Å²) in [6.45, 7) is 8.84. The number of methoxy groups -OCH3 is 1. The quantitative estimate of drug-likeness (QED) is 0.572. The zero-order valence-corrected chi connectivity index (χ0v) is 24.2. The molecule has 2 N–H and O–H groups in total. The zero-order valence-electron chi connectivity index (χ0n) is 24.2. The second-order valence-corrected chi connectivity index (χ2v) is 11.8. The number of rotatable bonds is 5. The van der Waals surface area contributed by atoms with Gasteiger partial charge in [-0.1, -0.05) is 26.2 Å². The molecule has 0 unspecified atom stereocenters. The van der Waals surface area contributed by atoms with Crippen LogP contribution >= 0.6 is 0 Å². The van der Waals surface area contributed by atoms with E-state index in [4.69, 9.17) is 14.2 Å². The van der Waals surface area contributed by atoms with Crippen LogP contribution in [-0.4, -0.2) is 93.5 Å². The van der Waals surface area contributed by atoms with Gasteiger partial charge in [-0.3, -0.25) is 9.69 Å². The van der Waals surface area contributed by atoms with E-state index in [0.717, 1.165) is 64.8 Å². The van der Waals surface area contributed by atoms with Crippen LogP contribution in [0.1, 0.15) is 69.2 Å². The number of carbonyl (C=O) groups excluding carboxylic acids is 2. The first-order chi connectivity index (χ1) is 18.8. The summed E-state index contributed by atoms with van der Waals surface area (Å²) in [5.41, 5.74) is 1.02. The minimum atomic E-state index is -0.234.